The zero-order valence-corrected chi connectivity index (χ0v) is 14.4. The maximum atomic E-state index is 9.87. The molecule has 0 unspecified atom stereocenters. The SMILES string of the molecule is COc1ccccc1-n1cnc2cc(NCc3ccccc3O)ccc21. The van der Waals surface area contributed by atoms with Crippen molar-refractivity contribution in [1.82, 2.24) is 9.55 Å². The average molecular weight is 345 g/mol. The third-order valence-electron chi connectivity index (χ3n) is 4.37. The van der Waals surface area contributed by atoms with Gasteiger partial charge in [-0.2, -0.15) is 0 Å². The van der Waals surface area contributed by atoms with E-state index in [1.807, 2.05) is 65.2 Å². The van der Waals surface area contributed by atoms with Crippen molar-refractivity contribution in [2.75, 3.05) is 12.4 Å². The van der Waals surface area contributed by atoms with Gasteiger partial charge < -0.3 is 15.2 Å². The van der Waals surface area contributed by atoms with Crippen molar-refractivity contribution in [3.8, 4) is 17.2 Å². The van der Waals surface area contributed by atoms with Crippen LogP contribution in [0.15, 0.2) is 73.1 Å². The lowest BCUT2D eigenvalue weighted by molar-refractivity contribution is 0.413. The van der Waals surface area contributed by atoms with Crippen molar-refractivity contribution in [2.24, 2.45) is 0 Å². The summed E-state index contributed by atoms with van der Waals surface area (Å²) >= 11 is 0. The molecule has 5 nitrogen and oxygen atoms in total. The molecule has 4 aromatic rings. The number of hydrogen-bond donors (Lipinski definition) is 2. The Kier molecular flexibility index (Phi) is 4.19. The topological polar surface area (TPSA) is 59.3 Å². The van der Waals surface area contributed by atoms with Crippen molar-refractivity contribution in [3.05, 3.63) is 78.6 Å². The second-order valence-corrected chi connectivity index (χ2v) is 5.97. The maximum Gasteiger partial charge on any atom is 0.142 e. The van der Waals surface area contributed by atoms with Gasteiger partial charge in [-0.1, -0.05) is 30.3 Å². The first kappa shape index (κ1) is 16.0. The molecule has 0 bridgehead atoms. The number of hydrogen-bond acceptors (Lipinski definition) is 4. The highest BCUT2D eigenvalue weighted by Crippen LogP contribution is 2.27. The summed E-state index contributed by atoms with van der Waals surface area (Å²) in [5.41, 5.74) is 4.64. The first-order valence-corrected chi connectivity index (χ1v) is 8.37. The zero-order chi connectivity index (χ0) is 17.9. The van der Waals surface area contributed by atoms with E-state index in [0.717, 1.165) is 33.7 Å². The number of benzene rings is 3. The van der Waals surface area contributed by atoms with E-state index in [1.165, 1.54) is 0 Å². The maximum absolute atomic E-state index is 9.87. The van der Waals surface area contributed by atoms with E-state index in [4.69, 9.17) is 4.74 Å². The zero-order valence-electron chi connectivity index (χ0n) is 14.4. The van der Waals surface area contributed by atoms with Gasteiger partial charge in [0.1, 0.15) is 17.8 Å². The number of phenols is 1. The molecule has 4 rings (SSSR count). The minimum absolute atomic E-state index is 0.293. The van der Waals surface area contributed by atoms with E-state index in [9.17, 15) is 5.11 Å². The van der Waals surface area contributed by atoms with E-state index in [-0.39, 0.29) is 0 Å². The number of aromatic hydroxyl groups is 1. The van der Waals surface area contributed by atoms with Gasteiger partial charge in [0, 0.05) is 17.8 Å². The van der Waals surface area contributed by atoms with E-state index in [0.29, 0.717) is 12.3 Å². The number of rotatable bonds is 5. The van der Waals surface area contributed by atoms with Crippen LogP contribution in [0.5, 0.6) is 11.5 Å². The molecule has 0 saturated heterocycles. The largest absolute Gasteiger partial charge is 0.508 e. The first-order valence-electron chi connectivity index (χ1n) is 8.37. The summed E-state index contributed by atoms with van der Waals surface area (Å²) in [5.74, 6) is 1.09. The number of nitrogens with zero attached hydrogens (tertiary/aromatic N) is 2. The molecule has 0 saturated carbocycles. The molecule has 3 aromatic carbocycles. The van der Waals surface area contributed by atoms with Gasteiger partial charge in [-0.3, -0.25) is 4.57 Å². The number of aromatic nitrogens is 2. The van der Waals surface area contributed by atoms with Crippen LogP contribution in [0, 0.1) is 0 Å². The smallest absolute Gasteiger partial charge is 0.142 e. The molecule has 2 N–H and O–H groups in total. The van der Waals surface area contributed by atoms with E-state index >= 15 is 0 Å². The number of anilines is 1. The molecule has 130 valence electrons. The molecule has 1 aromatic heterocycles. The molecule has 0 amide bonds. The summed E-state index contributed by atoms with van der Waals surface area (Å²) < 4.78 is 7.47. The van der Waals surface area contributed by atoms with Gasteiger partial charge in [0.05, 0.1) is 23.8 Å². The van der Waals surface area contributed by atoms with Crippen LogP contribution in [0.4, 0.5) is 5.69 Å². The van der Waals surface area contributed by atoms with Crippen LogP contribution >= 0.6 is 0 Å². The lowest BCUT2D eigenvalue weighted by Crippen LogP contribution is -2.00. The summed E-state index contributed by atoms with van der Waals surface area (Å²) in [5, 5.41) is 13.2. The number of methoxy groups -OCH3 is 1. The summed E-state index contributed by atoms with van der Waals surface area (Å²) in [6.45, 7) is 0.547. The Morgan fingerprint density at radius 1 is 1.04 bits per heavy atom. The lowest BCUT2D eigenvalue weighted by Gasteiger charge is -2.11. The minimum Gasteiger partial charge on any atom is -0.508 e. The normalized spacial score (nSPS) is 10.8. The summed E-state index contributed by atoms with van der Waals surface area (Å²) in [6.07, 6.45) is 1.80. The van der Waals surface area contributed by atoms with Gasteiger partial charge in [0.2, 0.25) is 0 Å². The van der Waals surface area contributed by atoms with Gasteiger partial charge in [-0.05, 0) is 36.4 Å². The van der Waals surface area contributed by atoms with Crippen molar-refractivity contribution in [2.45, 2.75) is 6.54 Å². The second kappa shape index (κ2) is 6.80. The van der Waals surface area contributed by atoms with Crippen molar-refractivity contribution >= 4 is 16.7 Å². The Bertz CT molecular complexity index is 1060. The monoisotopic (exact) mass is 345 g/mol. The Balaban J connectivity index is 1.62. The standard InChI is InChI=1S/C21H19N3O2/c1-26-21-9-5-3-7-19(21)24-14-23-17-12-16(10-11-18(17)24)22-13-15-6-2-4-8-20(15)25/h2-12,14,22,25H,13H2,1H3. The predicted octanol–water partition coefficient (Wildman–Crippen LogP) is 4.35. The highest BCUT2D eigenvalue weighted by atomic mass is 16.5. The predicted molar refractivity (Wildman–Crippen MR) is 103 cm³/mol. The first-order chi connectivity index (χ1) is 12.8. The van der Waals surface area contributed by atoms with E-state index in [1.54, 1.807) is 19.5 Å². The molecule has 0 aliphatic heterocycles. The molecule has 0 radical (unpaired) electrons. The Morgan fingerprint density at radius 3 is 2.69 bits per heavy atom. The van der Waals surface area contributed by atoms with E-state index < -0.39 is 0 Å². The number of imidazole rings is 1. The van der Waals surface area contributed by atoms with Crippen LogP contribution in [-0.2, 0) is 6.54 Å². The summed E-state index contributed by atoms with van der Waals surface area (Å²) in [4.78, 5) is 4.52. The molecule has 0 aliphatic rings. The number of fused-ring (bicyclic) bond motifs is 1. The van der Waals surface area contributed by atoms with Crippen molar-refractivity contribution < 1.29 is 9.84 Å². The second-order valence-electron chi connectivity index (χ2n) is 5.97. The molecule has 1 heterocycles. The van der Waals surface area contributed by atoms with Crippen LogP contribution in [0.3, 0.4) is 0 Å². The third kappa shape index (κ3) is 2.95. The van der Waals surface area contributed by atoms with Gasteiger partial charge in [-0.25, -0.2) is 4.98 Å². The van der Waals surface area contributed by atoms with Crippen LogP contribution < -0.4 is 10.1 Å². The highest BCUT2D eigenvalue weighted by Gasteiger charge is 2.09. The Labute approximate surface area is 151 Å². The fraction of sp³-hybridized carbons (Fsp3) is 0.0952. The van der Waals surface area contributed by atoms with Crippen LogP contribution in [0.1, 0.15) is 5.56 Å². The number of ether oxygens (including phenoxy) is 1. The molecule has 0 spiro atoms. The van der Waals surface area contributed by atoms with Crippen LogP contribution in [-0.4, -0.2) is 21.8 Å². The molecule has 0 fully saturated rings. The molecule has 0 atom stereocenters. The fourth-order valence-electron chi connectivity index (χ4n) is 3.00. The molecular weight excluding hydrogens is 326 g/mol. The van der Waals surface area contributed by atoms with Gasteiger partial charge in [0.15, 0.2) is 0 Å². The molecule has 0 aliphatic carbocycles. The van der Waals surface area contributed by atoms with Gasteiger partial charge in [-0.15, -0.1) is 0 Å². The summed E-state index contributed by atoms with van der Waals surface area (Å²) in [7, 11) is 1.67. The summed E-state index contributed by atoms with van der Waals surface area (Å²) in [6, 6.07) is 21.2. The lowest BCUT2D eigenvalue weighted by atomic mass is 10.2. The average Bonchev–Trinajstić information content (AvgIpc) is 3.10. The Morgan fingerprint density at radius 2 is 1.85 bits per heavy atom. The highest BCUT2D eigenvalue weighted by molar-refractivity contribution is 5.81. The third-order valence-corrected chi connectivity index (χ3v) is 4.37. The van der Waals surface area contributed by atoms with Crippen LogP contribution in [0.2, 0.25) is 0 Å². The quantitative estimate of drug-likeness (QED) is 0.564. The molecular formula is C21H19N3O2. The molecule has 26 heavy (non-hydrogen) atoms. The number of nitrogens with one attached hydrogen (secondary N) is 1. The van der Waals surface area contributed by atoms with Crippen LogP contribution in [0.25, 0.3) is 16.7 Å². The Hall–Kier alpha value is -3.47. The van der Waals surface area contributed by atoms with Gasteiger partial charge in [0.25, 0.3) is 0 Å². The number of para-hydroxylation sites is 3. The fourth-order valence-corrected chi connectivity index (χ4v) is 3.00. The molecule has 5 heteroatoms. The van der Waals surface area contributed by atoms with Crippen molar-refractivity contribution in [1.29, 1.82) is 0 Å². The minimum atomic E-state index is 0.293. The van der Waals surface area contributed by atoms with Crippen molar-refractivity contribution in [3.63, 3.8) is 0 Å². The van der Waals surface area contributed by atoms with Gasteiger partial charge >= 0.3 is 0 Å². The van der Waals surface area contributed by atoms with E-state index in [2.05, 4.69) is 10.3 Å². The number of phenolic OH excluding ortho intramolecular Hbond substituents is 1.